The smallest absolute Gasteiger partial charge is 0.264 e. The monoisotopic (exact) mass is 449 g/mol. The number of benzene rings is 3. The van der Waals surface area contributed by atoms with Crippen LogP contribution in [-0.4, -0.2) is 15.5 Å². The normalized spacial score (nSPS) is 11.2. The van der Waals surface area contributed by atoms with Gasteiger partial charge in [-0.3, -0.25) is 4.31 Å². The van der Waals surface area contributed by atoms with Crippen molar-refractivity contribution in [2.45, 2.75) is 11.4 Å². The summed E-state index contributed by atoms with van der Waals surface area (Å²) in [6, 6.07) is 19.1. The lowest BCUT2D eigenvalue weighted by Crippen LogP contribution is -2.30. The van der Waals surface area contributed by atoms with Gasteiger partial charge in [0.2, 0.25) is 0 Å². The molecule has 0 amide bonds. The van der Waals surface area contributed by atoms with Crippen LogP contribution in [0.4, 0.5) is 10.1 Å². The zero-order chi connectivity index (χ0) is 19.4. The van der Waals surface area contributed by atoms with E-state index in [4.69, 9.17) is 4.74 Å². The van der Waals surface area contributed by atoms with Crippen molar-refractivity contribution in [1.29, 1.82) is 0 Å². The fraction of sp³-hybridized carbons (Fsp3) is 0.100. The van der Waals surface area contributed by atoms with Crippen LogP contribution < -0.4 is 9.04 Å². The summed E-state index contributed by atoms with van der Waals surface area (Å²) >= 11 is 3.37. The molecule has 0 atom stereocenters. The molecule has 0 N–H and O–H groups in total. The number of rotatable bonds is 6. The molecule has 0 spiro atoms. The van der Waals surface area contributed by atoms with Crippen LogP contribution in [-0.2, 0) is 16.6 Å². The topological polar surface area (TPSA) is 46.6 Å². The molecule has 0 fully saturated rings. The highest BCUT2D eigenvalue weighted by Gasteiger charge is 2.26. The molecule has 3 rings (SSSR count). The van der Waals surface area contributed by atoms with Crippen molar-refractivity contribution in [1.82, 2.24) is 0 Å². The van der Waals surface area contributed by atoms with Crippen LogP contribution in [0.2, 0.25) is 0 Å². The van der Waals surface area contributed by atoms with Crippen LogP contribution in [0.5, 0.6) is 5.75 Å². The van der Waals surface area contributed by atoms with E-state index in [1.807, 2.05) is 12.1 Å². The molecular weight excluding hydrogens is 433 g/mol. The molecule has 3 aromatic rings. The molecule has 0 saturated heterocycles. The molecule has 140 valence electrons. The van der Waals surface area contributed by atoms with Crippen LogP contribution in [0.1, 0.15) is 5.56 Å². The van der Waals surface area contributed by atoms with E-state index in [0.29, 0.717) is 11.4 Å². The van der Waals surface area contributed by atoms with E-state index in [0.717, 1.165) is 16.1 Å². The van der Waals surface area contributed by atoms with E-state index in [1.165, 1.54) is 22.5 Å². The van der Waals surface area contributed by atoms with Gasteiger partial charge in [-0.05, 0) is 54.1 Å². The van der Waals surface area contributed by atoms with E-state index in [2.05, 4.69) is 15.9 Å². The van der Waals surface area contributed by atoms with Crippen LogP contribution in [0.3, 0.4) is 0 Å². The van der Waals surface area contributed by atoms with Crippen LogP contribution in [0, 0.1) is 5.82 Å². The highest BCUT2D eigenvalue weighted by molar-refractivity contribution is 9.10. The van der Waals surface area contributed by atoms with Crippen molar-refractivity contribution >= 4 is 31.6 Å². The predicted molar refractivity (Wildman–Crippen MR) is 107 cm³/mol. The van der Waals surface area contributed by atoms with E-state index in [1.54, 1.807) is 43.5 Å². The summed E-state index contributed by atoms with van der Waals surface area (Å²) in [6.45, 7) is 0.0759. The number of anilines is 1. The largest absolute Gasteiger partial charge is 0.497 e. The predicted octanol–water partition coefficient (Wildman–Crippen LogP) is 4.99. The van der Waals surface area contributed by atoms with E-state index in [-0.39, 0.29) is 11.4 Å². The highest BCUT2D eigenvalue weighted by Crippen LogP contribution is 2.29. The average Bonchev–Trinajstić information content (AvgIpc) is 2.66. The van der Waals surface area contributed by atoms with Gasteiger partial charge >= 0.3 is 0 Å². The SMILES string of the molecule is COc1cccc(CN(c2cccc(Br)c2)S(=O)(=O)c2cccc(F)c2)c1. The number of halogens is 2. The second kappa shape index (κ2) is 8.10. The fourth-order valence-corrected chi connectivity index (χ4v) is 4.50. The van der Waals surface area contributed by atoms with E-state index >= 15 is 0 Å². The van der Waals surface area contributed by atoms with Crippen LogP contribution in [0.25, 0.3) is 0 Å². The van der Waals surface area contributed by atoms with Gasteiger partial charge in [0, 0.05) is 4.47 Å². The molecule has 0 aliphatic rings. The van der Waals surface area contributed by atoms with Crippen molar-refractivity contribution in [3.63, 3.8) is 0 Å². The van der Waals surface area contributed by atoms with Gasteiger partial charge in [0.1, 0.15) is 11.6 Å². The number of sulfonamides is 1. The van der Waals surface area contributed by atoms with Gasteiger partial charge in [-0.1, -0.05) is 40.2 Å². The summed E-state index contributed by atoms with van der Waals surface area (Å²) in [5.74, 6) is 0.0245. The molecule has 0 radical (unpaired) electrons. The highest BCUT2D eigenvalue weighted by atomic mass is 79.9. The minimum Gasteiger partial charge on any atom is -0.497 e. The summed E-state index contributed by atoms with van der Waals surface area (Å²) in [4.78, 5) is -0.106. The molecular formula is C20H17BrFNO3S. The Morgan fingerprint density at radius 2 is 1.74 bits per heavy atom. The first-order chi connectivity index (χ1) is 12.9. The molecule has 3 aromatic carbocycles. The molecule has 0 aliphatic heterocycles. The van der Waals surface area contributed by atoms with Gasteiger partial charge in [-0.15, -0.1) is 0 Å². The van der Waals surface area contributed by atoms with Crippen LogP contribution in [0.15, 0.2) is 82.2 Å². The number of hydrogen-bond donors (Lipinski definition) is 0. The Balaban J connectivity index is 2.09. The summed E-state index contributed by atoms with van der Waals surface area (Å²) < 4.78 is 47.4. The van der Waals surface area contributed by atoms with Gasteiger partial charge < -0.3 is 4.74 Å². The van der Waals surface area contributed by atoms with Crippen LogP contribution >= 0.6 is 15.9 Å². The molecule has 0 aromatic heterocycles. The van der Waals surface area contributed by atoms with E-state index < -0.39 is 15.8 Å². The summed E-state index contributed by atoms with van der Waals surface area (Å²) in [5.41, 5.74) is 1.21. The average molecular weight is 450 g/mol. The minimum absolute atomic E-state index is 0.0759. The fourth-order valence-electron chi connectivity index (χ4n) is 2.64. The number of nitrogens with zero attached hydrogens (tertiary/aromatic N) is 1. The molecule has 0 saturated carbocycles. The summed E-state index contributed by atoms with van der Waals surface area (Å²) in [7, 11) is -2.43. The standard InChI is InChI=1S/C20H17BrFNO3S/c1-26-19-9-2-5-15(11-19)14-23(18-8-3-6-16(21)12-18)27(24,25)20-10-4-7-17(22)13-20/h2-13H,14H2,1H3. The van der Waals surface area contributed by atoms with Gasteiger partial charge in [0.25, 0.3) is 10.0 Å². The third-order valence-electron chi connectivity index (χ3n) is 3.94. The second-order valence-electron chi connectivity index (χ2n) is 5.80. The second-order valence-corrected chi connectivity index (χ2v) is 8.58. The first-order valence-corrected chi connectivity index (χ1v) is 10.3. The van der Waals surface area contributed by atoms with Crippen molar-refractivity contribution in [2.75, 3.05) is 11.4 Å². The Bertz CT molecular complexity index is 1060. The van der Waals surface area contributed by atoms with Crippen molar-refractivity contribution in [3.8, 4) is 5.75 Å². The quantitative estimate of drug-likeness (QED) is 0.532. The van der Waals surface area contributed by atoms with Gasteiger partial charge in [-0.2, -0.15) is 0 Å². The number of hydrogen-bond acceptors (Lipinski definition) is 3. The molecule has 0 heterocycles. The third-order valence-corrected chi connectivity index (χ3v) is 6.20. The van der Waals surface area contributed by atoms with Gasteiger partial charge in [-0.25, -0.2) is 12.8 Å². The van der Waals surface area contributed by atoms with E-state index in [9.17, 15) is 12.8 Å². The molecule has 27 heavy (non-hydrogen) atoms. The van der Waals surface area contributed by atoms with Gasteiger partial charge in [0.15, 0.2) is 0 Å². The maximum atomic E-state index is 13.6. The zero-order valence-corrected chi connectivity index (χ0v) is 16.9. The zero-order valence-electron chi connectivity index (χ0n) is 14.5. The first kappa shape index (κ1) is 19.4. The lowest BCUT2D eigenvalue weighted by atomic mass is 10.2. The minimum atomic E-state index is -3.98. The number of ether oxygens (including phenoxy) is 1. The Kier molecular flexibility index (Phi) is 5.82. The lowest BCUT2D eigenvalue weighted by Gasteiger charge is -2.25. The van der Waals surface area contributed by atoms with Crippen molar-refractivity contribution < 1.29 is 17.5 Å². The summed E-state index contributed by atoms with van der Waals surface area (Å²) in [6.07, 6.45) is 0. The molecule has 7 heteroatoms. The third kappa shape index (κ3) is 4.48. The maximum absolute atomic E-state index is 13.6. The molecule has 0 aliphatic carbocycles. The Morgan fingerprint density at radius 3 is 2.44 bits per heavy atom. The van der Waals surface area contributed by atoms with Gasteiger partial charge in [0.05, 0.1) is 24.2 Å². The number of methoxy groups -OCH3 is 1. The van der Waals surface area contributed by atoms with Crippen molar-refractivity contribution in [3.05, 3.63) is 88.6 Å². The molecule has 4 nitrogen and oxygen atoms in total. The molecule has 0 unspecified atom stereocenters. The Morgan fingerprint density at radius 1 is 1.00 bits per heavy atom. The maximum Gasteiger partial charge on any atom is 0.264 e. The summed E-state index contributed by atoms with van der Waals surface area (Å²) in [5, 5.41) is 0. The Labute approximate surface area is 166 Å². The molecule has 0 bridgehead atoms. The Hall–Kier alpha value is -2.38. The first-order valence-electron chi connectivity index (χ1n) is 8.07. The lowest BCUT2D eigenvalue weighted by molar-refractivity contribution is 0.414. The van der Waals surface area contributed by atoms with Crippen molar-refractivity contribution in [2.24, 2.45) is 0 Å².